The van der Waals surface area contributed by atoms with Gasteiger partial charge in [-0.3, -0.25) is 0 Å². The van der Waals surface area contributed by atoms with Gasteiger partial charge in [-0.15, -0.1) is 0 Å². The van der Waals surface area contributed by atoms with E-state index in [9.17, 15) is 0 Å². The van der Waals surface area contributed by atoms with Crippen molar-refractivity contribution >= 4 is 50.9 Å². The molecule has 2 rings (SSSR count). The van der Waals surface area contributed by atoms with Gasteiger partial charge in [0, 0.05) is 0 Å². The van der Waals surface area contributed by atoms with E-state index in [0.717, 1.165) is 17.2 Å². The van der Waals surface area contributed by atoms with Crippen LogP contribution in [0.3, 0.4) is 0 Å². The molecule has 0 amide bonds. The quantitative estimate of drug-likeness (QED) is 0.207. The van der Waals surface area contributed by atoms with Crippen LogP contribution in [-0.2, 0) is 26.6 Å². The van der Waals surface area contributed by atoms with Crippen LogP contribution >= 0.6 is 0 Å². The molecule has 0 fully saturated rings. The van der Waals surface area contributed by atoms with Crippen molar-refractivity contribution in [3.8, 4) is 17.2 Å². The van der Waals surface area contributed by atoms with Crippen molar-refractivity contribution in [2.24, 2.45) is 0 Å². The summed E-state index contributed by atoms with van der Waals surface area (Å²) in [5.41, 5.74) is 4.18. The van der Waals surface area contributed by atoms with Crippen LogP contribution in [0.4, 0.5) is 0 Å². The van der Waals surface area contributed by atoms with Crippen LogP contribution in [-0.4, -0.2) is 50.9 Å². The molecule has 0 bridgehead atoms. The lowest BCUT2D eigenvalue weighted by Gasteiger charge is -2.43. The van der Waals surface area contributed by atoms with Crippen LogP contribution in [0.5, 0.6) is 0 Å². The molecule has 0 saturated carbocycles. The Morgan fingerprint density at radius 1 is 0.513 bits per heavy atom. The lowest BCUT2D eigenvalue weighted by atomic mass is 10.0. The van der Waals surface area contributed by atoms with Gasteiger partial charge in [-0.2, -0.15) is 5.26 Å². The van der Waals surface area contributed by atoms with Crippen LogP contribution < -0.4 is 0 Å². The topological polar surface area (TPSA) is 69.9 Å². The summed E-state index contributed by atoms with van der Waals surface area (Å²) in [5, 5.41) is 9.04. The maximum atomic E-state index is 9.04. The molecule has 0 aliphatic carbocycles. The predicted molar refractivity (Wildman–Crippen MR) is 176 cm³/mol. The van der Waals surface area contributed by atoms with E-state index in [0.29, 0.717) is 5.56 Å². The number of rotatable bonds is 13. The van der Waals surface area contributed by atoms with Gasteiger partial charge in [0.1, 0.15) is 0 Å². The second kappa shape index (κ2) is 12.5. The molecule has 0 atom stereocenters. The second-order valence-corrected chi connectivity index (χ2v) is 36.9. The predicted octanol–water partition coefficient (Wildman–Crippen LogP) is 8.24. The van der Waals surface area contributed by atoms with Crippen molar-refractivity contribution in [1.82, 2.24) is 0 Å². The lowest BCUT2D eigenvalue weighted by Crippen LogP contribution is -2.60. The molecular formula is C27H49NO5Si6. The van der Waals surface area contributed by atoms with E-state index < -0.39 is 50.9 Å². The fourth-order valence-electron chi connectivity index (χ4n) is 5.34. The van der Waals surface area contributed by atoms with E-state index >= 15 is 0 Å². The molecule has 39 heavy (non-hydrogen) atoms. The van der Waals surface area contributed by atoms with Gasteiger partial charge in [0.2, 0.25) is 0 Å². The molecule has 216 valence electrons. The number of hydrogen-bond acceptors (Lipinski definition) is 6. The average molecular weight is 636 g/mol. The van der Waals surface area contributed by atoms with Crippen LogP contribution in [0.1, 0.15) is 11.1 Å². The summed E-state index contributed by atoms with van der Waals surface area (Å²) in [6, 6.07) is 19.4. The van der Waals surface area contributed by atoms with Gasteiger partial charge in [-0.1, -0.05) is 36.4 Å². The molecule has 0 saturated heterocycles. The zero-order valence-electron chi connectivity index (χ0n) is 26.3. The van der Waals surface area contributed by atoms with Gasteiger partial charge in [0.05, 0.1) is 11.6 Å². The minimum atomic E-state index is -2.52. The van der Waals surface area contributed by atoms with Crippen molar-refractivity contribution in [3.63, 3.8) is 0 Å². The van der Waals surface area contributed by atoms with Crippen molar-refractivity contribution in [3.05, 3.63) is 59.7 Å². The Balaban J connectivity index is 2.02. The van der Waals surface area contributed by atoms with Crippen LogP contribution in [0.15, 0.2) is 48.5 Å². The smallest absolute Gasteiger partial charge is 0.314 e. The first-order valence-corrected chi connectivity index (χ1v) is 31.4. The standard InChI is InChI=1S/C27H49NO5Si6/c1-34(2,3)29-36(6,7)31-38(10,11)33-39(12,13)32-37(8,9)30-35(4,5)23-25-16-20-27(21-17-25)26-18-14-24(22-28)15-19-26/h14-21H,23H2,1-13H3. The molecule has 0 aliphatic heterocycles. The summed E-state index contributed by atoms with van der Waals surface area (Å²) < 4.78 is 33.2. The molecule has 2 aromatic rings. The highest BCUT2D eigenvalue weighted by atomic mass is 28.5. The van der Waals surface area contributed by atoms with E-state index in [1.54, 1.807) is 0 Å². The fourth-order valence-corrected chi connectivity index (χ4v) is 34.4. The highest BCUT2D eigenvalue weighted by molar-refractivity contribution is 6.91. The van der Waals surface area contributed by atoms with Gasteiger partial charge in [0.25, 0.3) is 0 Å². The molecule has 0 radical (unpaired) electrons. The van der Waals surface area contributed by atoms with Crippen molar-refractivity contribution < 1.29 is 20.6 Å². The third-order valence-corrected chi connectivity index (χ3v) is 27.1. The Hall–Kier alpha value is -0.969. The lowest BCUT2D eigenvalue weighted by molar-refractivity contribution is 0.282. The zero-order chi connectivity index (χ0) is 29.9. The van der Waals surface area contributed by atoms with Gasteiger partial charge in [-0.25, -0.2) is 0 Å². The normalized spacial score (nSPS) is 13.8. The summed E-state index contributed by atoms with van der Waals surface area (Å²) in [7, 11) is -13.6. The van der Waals surface area contributed by atoms with Crippen molar-refractivity contribution in [2.75, 3.05) is 0 Å². The minimum Gasteiger partial charge on any atom is -0.437 e. The molecular weight excluding hydrogens is 587 g/mol. The summed E-state index contributed by atoms with van der Waals surface area (Å²) >= 11 is 0. The molecule has 0 spiro atoms. The minimum absolute atomic E-state index is 0.672. The first-order valence-electron chi connectivity index (χ1n) is 13.6. The monoisotopic (exact) mass is 635 g/mol. The summed E-state index contributed by atoms with van der Waals surface area (Å²) in [4.78, 5) is 0. The van der Waals surface area contributed by atoms with E-state index in [1.165, 1.54) is 5.56 Å². The average Bonchev–Trinajstić information content (AvgIpc) is 2.68. The van der Waals surface area contributed by atoms with Gasteiger partial charge < -0.3 is 20.6 Å². The summed E-state index contributed by atoms with van der Waals surface area (Å²) in [5.74, 6) is 0. The Morgan fingerprint density at radius 3 is 1.26 bits per heavy atom. The maximum absolute atomic E-state index is 9.04. The second-order valence-electron chi connectivity index (χ2n) is 13.5. The molecule has 6 nitrogen and oxygen atoms in total. The van der Waals surface area contributed by atoms with Gasteiger partial charge in [0.15, 0.2) is 16.6 Å². The number of nitrogens with zero attached hydrogens (tertiary/aromatic N) is 1. The number of nitriles is 1. The first-order chi connectivity index (χ1) is 17.5. The highest BCUT2D eigenvalue weighted by Gasteiger charge is 2.46. The molecule has 0 heterocycles. The largest absolute Gasteiger partial charge is 0.437 e. The Bertz CT molecular complexity index is 1140. The van der Waals surface area contributed by atoms with E-state index in [2.05, 4.69) is 115 Å². The third-order valence-electron chi connectivity index (χ3n) is 5.48. The SMILES string of the molecule is C[Si](C)(C)O[Si](C)(C)O[Si](C)(C)O[Si](C)(C)O[Si](C)(C)O[Si](C)(C)Cc1ccc(-c2ccc(C#N)cc2)cc1. The number of hydrogen-bond donors (Lipinski definition) is 0. The van der Waals surface area contributed by atoms with Gasteiger partial charge >= 0.3 is 34.2 Å². The molecule has 2 aromatic carbocycles. The van der Waals surface area contributed by atoms with Gasteiger partial charge in [-0.05, 0) is 120 Å². The third kappa shape index (κ3) is 12.6. The molecule has 0 aliphatic rings. The van der Waals surface area contributed by atoms with Crippen molar-refractivity contribution in [1.29, 1.82) is 5.26 Å². The molecule has 12 heteroatoms. The van der Waals surface area contributed by atoms with E-state index in [4.69, 9.17) is 25.8 Å². The zero-order valence-corrected chi connectivity index (χ0v) is 32.3. The highest BCUT2D eigenvalue weighted by Crippen LogP contribution is 2.29. The Morgan fingerprint density at radius 2 is 0.872 bits per heavy atom. The Kier molecular flexibility index (Phi) is 11.0. The molecule has 0 N–H and O–H groups in total. The van der Waals surface area contributed by atoms with E-state index in [1.807, 2.05) is 24.3 Å². The maximum Gasteiger partial charge on any atom is 0.314 e. The summed E-state index contributed by atoms with van der Waals surface area (Å²) in [6.07, 6.45) is 0. The van der Waals surface area contributed by atoms with E-state index in [-0.39, 0.29) is 0 Å². The molecule has 0 aromatic heterocycles. The first kappa shape index (κ1) is 34.2. The molecule has 0 unspecified atom stereocenters. The van der Waals surface area contributed by atoms with Crippen LogP contribution in [0.2, 0.25) is 85.1 Å². The van der Waals surface area contributed by atoms with Crippen LogP contribution in [0, 0.1) is 11.3 Å². The number of benzene rings is 2. The van der Waals surface area contributed by atoms with Crippen molar-refractivity contribution in [2.45, 2.75) is 91.2 Å². The fraction of sp³-hybridized carbons (Fsp3) is 0.519. The van der Waals surface area contributed by atoms with Crippen LogP contribution in [0.25, 0.3) is 11.1 Å². The Labute approximate surface area is 243 Å². The summed E-state index contributed by atoms with van der Waals surface area (Å²) in [6.45, 7) is 28.0.